The fraction of sp³-hybridized carbons (Fsp3) is 0.409. The van der Waals surface area contributed by atoms with E-state index in [1.54, 1.807) is 11.3 Å². The number of carbonyl (C=O) groups is 1. The Hall–Kier alpha value is -2.51. The van der Waals surface area contributed by atoms with Crippen LogP contribution in [0.25, 0.3) is 0 Å². The Kier molecular flexibility index (Phi) is 6.06. The molecule has 1 amide bonds. The third-order valence-corrected chi connectivity index (χ3v) is 6.32. The fourth-order valence-electron chi connectivity index (χ4n) is 3.66. The molecule has 0 radical (unpaired) electrons. The Labute approximate surface area is 175 Å². The molecule has 29 heavy (non-hydrogen) atoms. The van der Waals surface area contributed by atoms with E-state index in [0.717, 1.165) is 66.9 Å². The summed E-state index contributed by atoms with van der Waals surface area (Å²) in [5.74, 6) is 1.05. The van der Waals surface area contributed by atoms with Gasteiger partial charge in [-0.3, -0.25) is 9.69 Å². The molecule has 2 aromatic heterocycles. The summed E-state index contributed by atoms with van der Waals surface area (Å²) in [4.78, 5) is 21.7. The summed E-state index contributed by atoms with van der Waals surface area (Å²) in [5.41, 5.74) is 4.24. The second-order valence-corrected chi connectivity index (χ2v) is 8.47. The van der Waals surface area contributed by atoms with E-state index in [4.69, 9.17) is 4.52 Å². The van der Waals surface area contributed by atoms with Gasteiger partial charge in [0, 0.05) is 50.1 Å². The van der Waals surface area contributed by atoms with Gasteiger partial charge in [0.1, 0.15) is 5.76 Å². The van der Waals surface area contributed by atoms with E-state index in [-0.39, 0.29) is 5.91 Å². The molecular formula is C22H26N4O2S. The molecule has 6 nitrogen and oxygen atoms in total. The van der Waals surface area contributed by atoms with E-state index in [9.17, 15) is 4.79 Å². The summed E-state index contributed by atoms with van der Waals surface area (Å²) in [6, 6.07) is 10.3. The molecule has 4 rings (SSSR count). The average molecular weight is 411 g/mol. The Morgan fingerprint density at radius 1 is 1.14 bits per heavy atom. The van der Waals surface area contributed by atoms with E-state index in [0.29, 0.717) is 6.42 Å². The third-order valence-electron chi connectivity index (χ3n) is 5.42. The lowest BCUT2D eigenvalue weighted by Crippen LogP contribution is -2.48. The van der Waals surface area contributed by atoms with Gasteiger partial charge < -0.3 is 9.42 Å². The first-order chi connectivity index (χ1) is 14.1. The van der Waals surface area contributed by atoms with Crippen LogP contribution in [0.3, 0.4) is 0 Å². The normalized spacial score (nSPS) is 15.0. The van der Waals surface area contributed by atoms with Crippen molar-refractivity contribution in [2.24, 2.45) is 0 Å². The first-order valence-corrected chi connectivity index (χ1v) is 10.9. The van der Waals surface area contributed by atoms with E-state index >= 15 is 0 Å². The molecule has 0 bridgehead atoms. The van der Waals surface area contributed by atoms with Crippen molar-refractivity contribution < 1.29 is 9.32 Å². The summed E-state index contributed by atoms with van der Waals surface area (Å²) < 4.78 is 5.25. The second kappa shape index (κ2) is 8.88. The van der Waals surface area contributed by atoms with Crippen LogP contribution in [0, 0.1) is 13.8 Å². The molecule has 0 N–H and O–H groups in total. The molecule has 0 unspecified atom stereocenters. The van der Waals surface area contributed by atoms with Gasteiger partial charge in [-0.1, -0.05) is 35.5 Å². The van der Waals surface area contributed by atoms with Crippen molar-refractivity contribution in [3.05, 3.63) is 69.0 Å². The van der Waals surface area contributed by atoms with Gasteiger partial charge in [0.25, 0.3) is 0 Å². The molecule has 1 fully saturated rings. The molecule has 1 saturated heterocycles. The highest BCUT2D eigenvalue weighted by molar-refractivity contribution is 7.09. The fourth-order valence-corrected chi connectivity index (χ4v) is 4.48. The molecule has 152 valence electrons. The van der Waals surface area contributed by atoms with Gasteiger partial charge in [0.15, 0.2) is 0 Å². The Morgan fingerprint density at radius 2 is 1.90 bits per heavy atom. The molecule has 1 aliphatic heterocycles. The number of hydrogen-bond acceptors (Lipinski definition) is 6. The Balaban J connectivity index is 1.27. The maximum Gasteiger partial charge on any atom is 0.228 e. The maximum absolute atomic E-state index is 12.7. The van der Waals surface area contributed by atoms with E-state index in [1.165, 1.54) is 5.56 Å². The van der Waals surface area contributed by atoms with Gasteiger partial charge in [-0.2, -0.15) is 0 Å². The first-order valence-electron chi connectivity index (χ1n) is 9.97. The average Bonchev–Trinajstić information content (AvgIpc) is 3.30. The minimum Gasteiger partial charge on any atom is -0.361 e. The number of aromatic nitrogens is 2. The Morgan fingerprint density at radius 3 is 2.59 bits per heavy atom. The lowest BCUT2D eigenvalue weighted by atomic mass is 10.1. The minimum absolute atomic E-state index is 0.165. The molecule has 1 aliphatic rings. The standard InChI is InChI=1S/C22H26N4O2S/c1-16-20(17(2)28-24-16)14-25-8-10-26(11-9-25)22(27)13-19-15-29-21(23-19)12-18-6-4-3-5-7-18/h3-7,15H,8-14H2,1-2H3. The van der Waals surface area contributed by atoms with Gasteiger partial charge in [-0.15, -0.1) is 11.3 Å². The summed E-state index contributed by atoms with van der Waals surface area (Å²) in [7, 11) is 0. The van der Waals surface area contributed by atoms with Gasteiger partial charge in [0.2, 0.25) is 5.91 Å². The zero-order valence-electron chi connectivity index (χ0n) is 16.9. The maximum atomic E-state index is 12.7. The van der Waals surface area contributed by atoms with Crippen LogP contribution in [-0.4, -0.2) is 52.0 Å². The van der Waals surface area contributed by atoms with Gasteiger partial charge >= 0.3 is 0 Å². The quantitative estimate of drug-likeness (QED) is 0.624. The molecule has 0 spiro atoms. The largest absolute Gasteiger partial charge is 0.361 e. The molecule has 0 saturated carbocycles. The summed E-state index contributed by atoms with van der Waals surface area (Å²) >= 11 is 1.63. The van der Waals surface area contributed by atoms with Crippen LogP contribution in [0.15, 0.2) is 40.2 Å². The third kappa shape index (κ3) is 4.92. The topological polar surface area (TPSA) is 62.5 Å². The summed E-state index contributed by atoms with van der Waals surface area (Å²) in [6.45, 7) is 8.00. The number of piperazine rings is 1. The minimum atomic E-state index is 0.165. The smallest absolute Gasteiger partial charge is 0.228 e. The number of benzene rings is 1. The lowest BCUT2D eigenvalue weighted by molar-refractivity contribution is -0.132. The molecular weight excluding hydrogens is 384 g/mol. The second-order valence-electron chi connectivity index (χ2n) is 7.53. The van der Waals surface area contributed by atoms with Crippen molar-refractivity contribution >= 4 is 17.2 Å². The number of aryl methyl sites for hydroxylation is 2. The number of nitrogens with zero attached hydrogens (tertiary/aromatic N) is 4. The van der Waals surface area contributed by atoms with Crippen LogP contribution in [0.1, 0.15) is 33.3 Å². The summed E-state index contributed by atoms with van der Waals surface area (Å²) in [5, 5.41) is 7.10. The van der Waals surface area contributed by atoms with E-state index in [2.05, 4.69) is 27.2 Å². The van der Waals surface area contributed by atoms with Gasteiger partial charge in [-0.25, -0.2) is 4.98 Å². The number of thiazole rings is 1. The van der Waals surface area contributed by atoms with Crippen LogP contribution < -0.4 is 0 Å². The van der Waals surface area contributed by atoms with Crippen molar-refractivity contribution in [3.8, 4) is 0 Å². The van der Waals surface area contributed by atoms with Crippen LogP contribution in [0.5, 0.6) is 0 Å². The molecule has 0 atom stereocenters. The highest BCUT2D eigenvalue weighted by Crippen LogP contribution is 2.18. The number of amides is 1. The van der Waals surface area contributed by atoms with Gasteiger partial charge in [0.05, 0.1) is 22.8 Å². The van der Waals surface area contributed by atoms with Crippen LogP contribution >= 0.6 is 11.3 Å². The summed E-state index contributed by atoms with van der Waals surface area (Å²) in [6.07, 6.45) is 1.20. The monoisotopic (exact) mass is 410 g/mol. The molecule has 7 heteroatoms. The lowest BCUT2D eigenvalue weighted by Gasteiger charge is -2.34. The van der Waals surface area contributed by atoms with Crippen molar-refractivity contribution in [2.75, 3.05) is 26.2 Å². The highest BCUT2D eigenvalue weighted by Gasteiger charge is 2.23. The van der Waals surface area contributed by atoms with Crippen molar-refractivity contribution in [1.82, 2.24) is 19.9 Å². The van der Waals surface area contributed by atoms with Crippen molar-refractivity contribution in [1.29, 1.82) is 0 Å². The van der Waals surface area contributed by atoms with E-state index in [1.807, 2.05) is 42.3 Å². The van der Waals surface area contributed by atoms with Crippen molar-refractivity contribution in [2.45, 2.75) is 33.2 Å². The van der Waals surface area contributed by atoms with Crippen molar-refractivity contribution in [3.63, 3.8) is 0 Å². The molecule has 3 heterocycles. The zero-order valence-corrected chi connectivity index (χ0v) is 17.7. The number of carbonyl (C=O) groups excluding carboxylic acids is 1. The highest BCUT2D eigenvalue weighted by atomic mass is 32.1. The number of rotatable bonds is 6. The van der Waals surface area contributed by atoms with Crippen LogP contribution in [-0.2, 0) is 24.2 Å². The SMILES string of the molecule is Cc1noc(C)c1CN1CCN(C(=O)Cc2csc(Cc3ccccc3)n2)CC1. The van der Waals surface area contributed by atoms with E-state index < -0.39 is 0 Å². The molecule has 1 aromatic carbocycles. The first kappa shape index (κ1) is 19.8. The molecule has 0 aliphatic carbocycles. The van der Waals surface area contributed by atoms with Crippen LogP contribution in [0.4, 0.5) is 0 Å². The number of hydrogen-bond donors (Lipinski definition) is 0. The zero-order chi connectivity index (χ0) is 20.2. The predicted octanol–water partition coefficient (Wildman–Crippen LogP) is 3.23. The molecule has 3 aromatic rings. The predicted molar refractivity (Wildman–Crippen MR) is 113 cm³/mol. The Bertz CT molecular complexity index is 939. The van der Waals surface area contributed by atoms with Crippen LogP contribution in [0.2, 0.25) is 0 Å². The van der Waals surface area contributed by atoms with Gasteiger partial charge in [-0.05, 0) is 19.4 Å².